The van der Waals surface area contributed by atoms with E-state index in [1.807, 2.05) is 24.3 Å². The summed E-state index contributed by atoms with van der Waals surface area (Å²) >= 11 is 5.83. The van der Waals surface area contributed by atoms with E-state index in [4.69, 9.17) is 16.9 Å². The Hall–Kier alpha value is -1.20. The van der Waals surface area contributed by atoms with Gasteiger partial charge in [0.05, 0.1) is 12.0 Å². The Morgan fingerprint density at radius 3 is 2.56 bits per heavy atom. The number of benzene rings is 1. The van der Waals surface area contributed by atoms with E-state index in [1.54, 1.807) is 0 Å². The van der Waals surface area contributed by atoms with Crippen molar-refractivity contribution in [2.75, 3.05) is 5.32 Å². The van der Waals surface area contributed by atoms with Crippen molar-refractivity contribution in [3.05, 3.63) is 29.3 Å². The smallest absolute Gasteiger partial charge is 0.0677 e. The SMILES string of the molecule is N#CC1CCCCC1Nc1ccc(Cl)cc1. The molecule has 0 amide bonds. The average Bonchev–Trinajstić information content (AvgIpc) is 2.33. The van der Waals surface area contributed by atoms with Gasteiger partial charge in [-0.25, -0.2) is 0 Å². The molecule has 84 valence electrons. The van der Waals surface area contributed by atoms with Crippen molar-refractivity contribution in [1.82, 2.24) is 0 Å². The summed E-state index contributed by atoms with van der Waals surface area (Å²) in [5, 5.41) is 13.2. The van der Waals surface area contributed by atoms with Gasteiger partial charge < -0.3 is 5.32 Å². The van der Waals surface area contributed by atoms with Crippen LogP contribution >= 0.6 is 11.6 Å². The Bertz CT molecular complexity index is 380. The van der Waals surface area contributed by atoms with E-state index in [0.717, 1.165) is 23.6 Å². The molecular weight excluding hydrogens is 220 g/mol. The summed E-state index contributed by atoms with van der Waals surface area (Å²) in [4.78, 5) is 0. The highest BCUT2D eigenvalue weighted by atomic mass is 35.5. The topological polar surface area (TPSA) is 35.8 Å². The minimum atomic E-state index is 0.143. The molecule has 1 N–H and O–H groups in total. The van der Waals surface area contributed by atoms with E-state index < -0.39 is 0 Å². The first-order valence-corrected chi connectivity index (χ1v) is 6.09. The minimum absolute atomic E-state index is 0.143. The molecule has 0 aliphatic heterocycles. The quantitative estimate of drug-likeness (QED) is 0.844. The highest BCUT2D eigenvalue weighted by Crippen LogP contribution is 2.27. The van der Waals surface area contributed by atoms with Gasteiger partial charge in [-0.05, 0) is 37.1 Å². The molecule has 0 bridgehead atoms. The van der Waals surface area contributed by atoms with E-state index >= 15 is 0 Å². The van der Waals surface area contributed by atoms with Crippen molar-refractivity contribution < 1.29 is 0 Å². The van der Waals surface area contributed by atoms with Gasteiger partial charge in [0.1, 0.15) is 0 Å². The third-order valence-electron chi connectivity index (χ3n) is 3.13. The lowest BCUT2D eigenvalue weighted by atomic mass is 9.85. The van der Waals surface area contributed by atoms with Gasteiger partial charge in [-0.3, -0.25) is 0 Å². The Morgan fingerprint density at radius 1 is 1.19 bits per heavy atom. The summed E-state index contributed by atoms with van der Waals surface area (Å²) in [6.07, 6.45) is 4.49. The first-order chi connectivity index (χ1) is 7.79. The van der Waals surface area contributed by atoms with Gasteiger partial charge in [-0.1, -0.05) is 24.4 Å². The van der Waals surface area contributed by atoms with Crippen LogP contribution in [0.2, 0.25) is 5.02 Å². The van der Waals surface area contributed by atoms with Crippen LogP contribution < -0.4 is 5.32 Å². The first kappa shape index (κ1) is 11.3. The van der Waals surface area contributed by atoms with Crippen LogP contribution in [0.1, 0.15) is 25.7 Å². The zero-order valence-corrected chi connectivity index (χ0v) is 9.87. The standard InChI is InChI=1S/C13H15ClN2/c14-11-5-7-12(8-6-11)16-13-4-2-1-3-10(13)9-15/h5-8,10,13,16H,1-4H2. The van der Waals surface area contributed by atoms with Crippen LogP contribution in [0.25, 0.3) is 0 Å². The number of hydrogen-bond donors (Lipinski definition) is 1. The fourth-order valence-electron chi connectivity index (χ4n) is 2.22. The van der Waals surface area contributed by atoms with Crippen molar-refractivity contribution in [2.24, 2.45) is 5.92 Å². The second-order valence-corrected chi connectivity index (χ2v) is 4.71. The van der Waals surface area contributed by atoms with Crippen molar-refractivity contribution in [3.8, 4) is 6.07 Å². The van der Waals surface area contributed by atoms with Gasteiger partial charge in [0.25, 0.3) is 0 Å². The van der Waals surface area contributed by atoms with Crippen LogP contribution in [0.4, 0.5) is 5.69 Å². The lowest BCUT2D eigenvalue weighted by Crippen LogP contribution is -2.31. The van der Waals surface area contributed by atoms with Crippen molar-refractivity contribution >= 4 is 17.3 Å². The van der Waals surface area contributed by atoms with Crippen LogP contribution in [0.15, 0.2) is 24.3 Å². The van der Waals surface area contributed by atoms with E-state index in [-0.39, 0.29) is 5.92 Å². The van der Waals surface area contributed by atoms with Gasteiger partial charge in [0, 0.05) is 16.8 Å². The molecule has 1 aliphatic carbocycles. The molecule has 2 unspecified atom stereocenters. The molecule has 1 saturated carbocycles. The van der Waals surface area contributed by atoms with Crippen LogP contribution in [-0.4, -0.2) is 6.04 Å². The molecule has 1 aromatic carbocycles. The van der Waals surface area contributed by atoms with Gasteiger partial charge in [0.15, 0.2) is 0 Å². The predicted molar refractivity (Wildman–Crippen MR) is 66.4 cm³/mol. The van der Waals surface area contributed by atoms with Gasteiger partial charge >= 0.3 is 0 Å². The molecule has 2 rings (SSSR count). The number of hydrogen-bond acceptors (Lipinski definition) is 2. The lowest BCUT2D eigenvalue weighted by Gasteiger charge is -2.28. The zero-order chi connectivity index (χ0) is 11.4. The van der Waals surface area contributed by atoms with E-state index in [0.29, 0.717) is 6.04 Å². The summed E-state index contributed by atoms with van der Waals surface area (Å²) < 4.78 is 0. The maximum atomic E-state index is 9.07. The van der Waals surface area contributed by atoms with Crippen LogP contribution in [0.5, 0.6) is 0 Å². The summed E-state index contributed by atoms with van der Waals surface area (Å²) in [6.45, 7) is 0. The lowest BCUT2D eigenvalue weighted by molar-refractivity contribution is 0.389. The molecule has 2 nitrogen and oxygen atoms in total. The zero-order valence-electron chi connectivity index (χ0n) is 9.12. The number of anilines is 1. The summed E-state index contributed by atoms with van der Waals surface area (Å²) in [5.74, 6) is 0.143. The Labute approximate surface area is 101 Å². The second-order valence-electron chi connectivity index (χ2n) is 4.28. The summed E-state index contributed by atoms with van der Waals surface area (Å²) in [7, 11) is 0. The van der Waals surface area contributed by atoms with Gasteiger partial charge in [0.2, 0.25) is 0 Å². The van der Waals surface area contributed by atoms with Crippen LogP contribution in [-0.2, 0) is 0 Å². The molecule has 2 atom stereocenters. The minimum Gasteiger partial charge on any atom is -0.381 e. The maximum Gasteiger partial charge on any atom is 0.0677 e. The van der Waals surface area contributed by atoms with Gasteiger partial charge in [-0.2, -0.15) is 5.26 Å². The largest absolute Gasteiger partial charge is 0.381 e. The maximum absolute atomic E-state index is 9.07. The Kier molecular flexibility index (Phi) is 3.69. The summed E-state index contributed by atoms with van der Waals surface area (Å²) in [5.41, 5.74) is 1.05. The molecule has 0 heterocycles. The van der Waals surface area contributed by atoms with E-state index in [1.165, 1.54) is 12.8 Å². The summed E-state index contributed by atoms with van der Waals surface area (Å²) in [6, 6.07) is 10.4. The fourth-order valence-corrected chi connectivity index (χ4v) is 2.34. The molecule has 0 aromatic heterocycles. The molecular formula is C13H15ClN2. The number of halogens is 1. The van der Waals surface area contributed by atoms with Crippen LogP contribution in [0, 0.1) is 17.2 Å². The molecule has 0 saturated heterocycles. The fraction of sp³-hybridized carbons (Fsp3) is 0.462. The Balaban J connectivity index is 2.02. The molecule has 16 heavy (non-hydrogen) atoms. The third-order valence-corrected chi connectivity index (χ3v) is 3.38. The van der Waals surface area contributed by atoms with Crippen molar-refractivity contribution in [2.45, 2.75) is 31.7 Å². The number of nitrogens with zero attached hydrogens (tertiary/aromatic N) is 1. The molecule has 1 aromatic rings. The van der Waals surface area contributed by atoms with Crippen molar-refractivity contribution in [3.63, 3.8) is 0 Å². The highest BCUT2D eigenvalue weighted by molar-refractivity contribution is 6.30. The molecule has 0 spiro atoms. The van der Waals surface area contributed by atoms with E-state index in [2.05, 4.69) is 11.4 Å². The molecule has 1 fully saturated rings. The number of rotatable bonds is 2. The van der Waals surface area contributed by atoms with Crippen molar-refractivity contribution in [1.29, 1.82) is 5.26 Å². The number of nitriles is 1. The van der Waals surface area contributed by atoms with Gasteiger partial charge in [-0.15, -0.1) is 0 Å². The van der Waals surface area contributed by atoms with E-state index in [9.17, 15) is 0 Å². The second kappa shape index (κ2) is 5.23. The molecule has 0 radical (unpaired) electrons. The predicted octanol–water partition coefficient (Wildman–Crippen LogP) is 3.83. The first-order valence-electron chi connectivity index (χ1n) is 5.71. The monoisotopic (exact) mass is 234 g/mol. The highest BCUT2D eigenvalue weighted by Gasteiger charge is 2.24. The molecule has 3 heteroatoms. The third kappa shape index (κ3) is 2.68. The van der Waals surface area contributed by atoms with Crippen LogP contribution in [0.3, 0.4) is 0 Å². The number of nitrogens with one attached hydrogen (secondary N) is 1. The Morgan fingerprint density at radius 2 is 1.88 bits per heavy atom. The molecule has 1 aliphatic rings. The normalized spacial score (nSPS) is 24.8. The average molecular weight is 235 g/mol.